The Kier molecular flexibility index (Phi) is 6.22. The van der Waals surface area contributed by atoms with E-state index < -0.39 is 0 Å². The van der Waals surface area contributed by atoms with Crippen molar-refractivity contribution in [3.05, 3.63) is 70.5 Å². The highest BCUT2D eigenvalue weighted by Crippen LogP contribution is 2.23. The Morgan fingerprint density at radius 1 is 1.07 bits per heavy atom. The van der Waals surface area contributed by atoms with Gasteiger partial charge in [-0.3, -0.25) is 9.69 Å². The molecule has 1 aliphatic heterocycles. The number of benzene rings is 2. The second-order valence-corrected chi connectivity index (χ2v) is 8.12. The molecule has 0 saturated carbocycles. The Bertz CT molecular complexity index is 950. The zero-order valence-corrected chi connectivity index (χ0v) is 17.4. The van der Waals surface area contributed by atoms with Gasteiger partial charge < -0.3 is 9.64 Å². The molecular weight excluding hydrogens is 382 g/mol. The van der Waals surface area contributed by atoms with Gasteiger partial charge in [0.05, 0.1) is 25.8 Å². The maximum Gasteiger partial charge on any atom is 0.227 e. The summed E-state index contributed by atoms with van der Waals surface area (Å²) in [5, 5.41) is 3.25. The molecule has 0 aliphatic carbocycles. The van der Waals surface area contributed by atoms with Crippen molar-refractivity contribution in [1.29, 1.82) is 0 Å². The van der Waals surface area contributed by atoms with Crippen molar-refractivity contribution < 1.29 is 9.53 Å². The van der Waals surface area contributed by atoms with Crippen LogP contribution in [0.25, 0.3) is 11.3 Å². The normalized spacial score (nSPS) is 14.7. The van der Waals surface area contributed by atoms with Gasteiger partial charge in [-0.05, 0) is 17.7 Å². The first-order valence-electron chi connectivity index (χ1n) is 9.84. The van der Waals surface area contributed by atoms with E-state index >= 15 is 0 Å². The summed E-state index contributed by atoms with van der Waals surface area (Å²) < 4.78 is 5.25. The van der Waals surface area contributed by atoms with Crippen molar-refractivity contribution in [2.45, 2.75) is 13.0 Å². The lowest BCUT2D eigenvalue weighted by molar-refractivity contribution is -0.132. The molecule has 1 saturated heterocycles. The maximum absolute atomic E-state index is 12.6. The zero-order chi connectivity index (χ0) is 20.1. The van der Waals surface area contributed by atoms with Crippen molar-refractivity contribution in [2.24, 2.45) is 0 Å². The van der Waals surface area contributed by atoms with Gasteiger partial charge in [-0.1, -0.05) is 42.5 Å². The summed E-state index contributed by atoms with van der Waals surface area (Å²) in [6.45, 7) is 4.13. The van der Waals surface area contributed by atoms with Crippen molar-refractivity contribution in [1.82, 2.24) is 14.8 Å². The molecule has 0 radical (unpaired) electrons. The third kappa shape index (κ3) is 5.02. The van der Waals surface area contributed by atoms with Crippen molar-refractivity contribution >= 4 is 17.2 Å². The van der Waals surface area contributed by atoms with Crippen LogP contribution in [0.4, 0.5) is 0 Å². The van der Waals surface area contributed by atoms with Crippen LogP contribution in [-0.4, -0.2) is 54.0 Å². The Labute approximate surface area is 175 Å². The van der Waals surface area contributed by atoms with Crippen LogP contribution in [0.5, 0.6) is 5.75 Å². The predicted molar refractivity (Wildman–Crippen MR) is 116 cm³/mol. The number of carbonyl (C=O) groups is 1. The fourth-order valence-corrected chi connectivity index (χ4v) is 4.39. The fraction of sp³-hybridized carbons (Fsp3) is 0.304. The largest absolute Gasteiger partial charge is 0.497 e. The monoisotopic (exact) mass is 407 g/mol. The number of nitrogens with zero attached hydrogens (tertiary/aromatic N) is 3. The Morgan fingerprint density at radius 2 is 1.86 bits per heavy atom. The number of thiazole rings is 1. The Balaban J connectivity index is 1.28. The summed E-state index contributed by atoms with van der Waals surface area (Å²) in [6.07, 6.45) is 0.421. The van der Waals surface area contributed by atoms with Crippen LogP contribution in [0.1, 0.15) is 10.6 Å². The van der Waals surface area contributed by atoms with Crippen molar-refractivity contribution in [3.63, 3.8) is 0 Å². The van der Waals surface area contributed by atoms with Crippen LogP contribution in [-0.2, 0) is 17.8 Å². The number of piperazine rings is 1. The number of aromatic nitrogens is 1. The number of ether oxygens (including phenoxy) is 1. The summed E-state index contributed by atoms with van der Waals surface area (Å²) in [6, 6.07) is 18.0. The third-order valence-corrected chi connectivity index (χ3v) is 6.03. The van der Waals surface area contributed by atoms with Crippen molar-refractivity contribution in [2.75, 3.05) is 33.3 Å². The quantitative estimate of drug-likeness (QED) is 0.625. The molecule has 6 heteroatoms. The lowest BCUT2D eigenvalue weighted by Gasteiger charge is -2.34. The number of carbonyl (C=O) groups excluding carboxylic acids is 1. The van der Waals surface area contributed by atoms with E-state index in [2.05, 4.69) is 22.4 Å². The van der Waals surface area contributed by atoms with Gasteiger partial charge in [0.2, 0.25) is 5.91 Å². The molecule has 0 N–H and O–H groups in total. The molecule has 0 bridgehead atoms. The summed E-state index contributed by atoms with van der Waals surface area (Å²) >= 11 is 1.71. The molecule has 3 aromatic rings. The molecule has 1 aromatic heterocycles. The van der Waals surface area contributed by atoms with E-state index in [1.165, 1.54) is 0 Å². The molecule has 1 fully saturated rings. The van der Waals surface area contributed by atoms with Gasteiger partial charge >= 0.3 is 0 Å². The molecule has 1 aliphatic rings. The van der Waals surface area contributed by atoms with E-state index in [0.29, 0.717) is 6.42 Å². The molecule has 0 spiro atoms. The smallest absolute Gasteiger partial charge is 0.227 e. The van der Waals surface area contributed by atoms with Crippen LogP contribution < -0.4 is 4.74 Å². The lowest BCUT2D eigenvalue weighted by Crippen LogP contribution is -2.48. The van der Waals surface area contributed by atoms with Crippen LogP contribution in [0.15, 0.2) is 60.0 Å². The standard InChI is InChI=1S/C23H25N3O2S/c1-28-20-9-5-6-18(14-20)15-23(27)26-12-10-25(11-13-26)16-22-24-21(17-29-22)19-7-3-2-4-8-19/h2-9,14,17H,10-13,15-16H2,1H3. The number of rotatable bonds is 6. The van der Waals surface area contributed by atoms with Crippen LogP contribution in [0.2, 0.25) is 0 Å². The predicted octanol–water partition coefficient (Wildman–Crippen LogP) is 3.71. The molecule has 4 rings (SSSR count). The molecule has 5 nitrogen and oxygen atoms in total. The highest BCUT2D eigenvalue weighted by Gasteiger charge is 2.22. The van der Waals surface area contributed by atoms with E-state index in [1.54, 1.807) is 18.4 Å². The molecular formula is C23H25N3O2S. The number of methoxy groups -OCH3 is 1. The highest BCUT2D eigenvalue weighted by atomic mass is 32.1. The van der Waals surface area contributed by atoms with Gasteiger partial charge in [0.25, 0.3) is 0 Å². The lowest BCUT2D eigenvalue weighted by atomic mass is 10.1. The molecule has 1 amide bonds. The van der Waals surface area contributed by atoms with E-state index in [1.807, 2.05) is 47.4 Å². The highest BCUT2D eigenvalue weighted by molar-refractivity contribution is 7.09. The minimum atomic E-state index is 0.179. The molecule has 0 unspecified atom stereocenters. The van der Waals surface area contributed by atoms with Crippen LogP contribution >= 0.6 is 11.3 Å². The van der Waals surface area contributed by atoms with Gasteiger partial charge in [-0.25, -0.2) is 4.98 Å². The number of amides is 1. The first kappa shape index (κ1) is 19.6. The minimum absolute atomic E-state index is 0.179. The van der Waals surface area contributed by atoms with Gasteiger partial charge in [-0.2, -0.15) is 0 Å². The maximum atomic E-state index is 12.6. The second kappa shape index (κ2) is 9.20. The summed E-state index contributed by atoms with van der Waals surface area (Å²) in [5.41, 5.74) is 3.19. The average molecular weight is 408 g/mol. The fourth-order valence-electron chi connectivity index (χ4n) is 3.54. The first-order valence-corrected chi connectivity index (χ1v) is 10.7. The van der Waals surface area contributed by atoms with E-state index in [4.69, 9.17) is 9.72 Å². The summed E-state index contributed by atoms with van der Waals surface area (Å²) in [4.78, 5) is 21.8. The van der Waals surface area contributed by atoms with Crippen LogP contribution in [0, 0.1) is 0 Å². The number of hydrogen-bond donors (Lipinski definition) is 0. The van der Waals surface area contributed by atoms with Gasteiger partial charge in [0.15, 0.2) is 0 Å². The number of hydrogen-bond acceptors (Lipinski definition) is 5. The van der Waals surface area contributed by atoms with Gasteiger partial charge in [0.1, 0.15) is 10.8 Å². The van der Waals surface area contributed by atoms with E-state index in [-0.39, 0.29) is 5.91 Å². The van der Waals surface area contributed by atoms with Crippen LogP contribution in [0.3, 0.4) is 0 Å². The Hall–Kier alpha value is -2.70. The first-order chi connectivity index (χ1) is 14.2. The second-order valence-electron chi connectivity index (χ2n) is 7.18. The van der Waals surface area contributed by atoms with Crippen molar-refractivity contribution in [3.8, 4) is 17.0 Å². The van der Waals surface area contributed by atoms with E-state index in [9.17, 15) is 4.79 Å². The SMILES string of the molecule is COc1cccc(CC(=O)N2CCN(Cc3nc(-c4ccccc4)cs3)CC2)c1. The van der Waals surface area contributed by atoms with Gasteiger partial charge in [-0.15, -0.1) is 11.3 Å². The Morgan fingerprint density at radius 3 is 2.62 bits per heavy atom. The van der Waals surface area contributed by atoms with Gasteiger partial charge in [0, 0.05) is 37.1 Å². The van der Waals surface area contributed by atoms with E-state index in [0.717, 1.165) is 60.3 Å². The summed E-state index contributed by atoms with van der Waals surface area (Å²) in [7, 11) is 1.64. The molecule has 150 valence electrons. The minimum Gasteiger partial charge on any atom is -0.497 e. The topological polar surface area (TPSA) is 45.7 Å². The molecule has 2 aromatic carbocycles. The summed E-state index contributed by atoms with van der Waals surface area (Å²) in [5.74, 6) is 0.969. The molecule has 0 atom stereocenters. The molecule has 2 heterocycles. The third-order valence-electron chi connectivity index (χ3n) is 5.19. The zero-order valence-electron chi connectivity index (χ0n) is 16.6. The average Bonchev–Trinajstić information content (AvgIpc) is 3.23. The molecule has 29 heavy (non-hydrogen) atoms.